The van der Waals surface area contributed by atoms with Gasteiger partial charge in [-0.2, -0.15) is 0 Å². The second kappa shape index (κ2) is 11.4. The second-order valence-corrected chi connectivity index (χ2v) is 7.87. The zero-order valence-corrected chi connectivity index (χ0v) is 19.9. The Morgan fingerprint density at radius 3 is 2.41 bits per heavy atom. The Bertz CT molecular complexity index is 1090. The van der Waals surface area contributed by atoms with Gasteiger partial charge in [-0.3, -0.25) is 15.6 Å². The Labute approximate surface area is 200 Å². The van der Waals surface area contributed by atoms with Gasteiger partial charge >= 0.3 is 0 Å². The van der Waals surface area contributed by atoms with Crippen LogP contribution in [0.5, 0.6) is 17.2 Å². The predicted molar refractivity (Wildman–Crippen MR) is 131 cm³/mol. The Balaban J connectivity index is 1.54. The van der Waals surface area contributed by atoms with E-state index in [9.17, 15) is 4.79 Å². The van der Waals surface area contributed by atoms with Crippen LogP contribution >= 0.6 is 28.1 Å². The van der Waals surface area contributed by atoms with E-state index in [1.807, 2.05) is 30.3 Å². The fourth-order valence-corrected chi connectivity index (χ4v) is 3.17. The quantitative estimate of drug-likeness (QED) is 0.311. The molecule has 0 unspecified atom stereocenters. The van der Waals surface area contributed by atoms with Gasteiger partial charge in [-0.05, 0) is 66.3 Å². The van der Waals surface area contributed by atoms with E-state index >= 15 is 0 Å². The zero-order valence-electron chi connectivity index (χ0n) is 17.5. The number of anilines is 1. The lowest BCUT2D eigenvalue weighted by molar-refractivity contribution is 0.0944. The van der Waals surface area contributed by atoms with Gasteiger partial charge in [0.2, 0.25) is 0 Å². The van der Waals surface area contributed by atoms with Crippen LogP contribution in [0.3, 0.4) is 0 Å². The highest BCUT2D eigenvalue weighted by atomic mass is 79.9. The summed E-state index contributed by atoms with van der Waals surface area (Å²) in [5, 5.41) is 3.18. The molecule has 1 amide bonds. The van der Waals surface area contributed by atoms with E-state index in [4.69, 9.17) is 26.4 Å². The lowest BCUT2D eigenvalue weighted by Crippen LogP contribution is -2.43. The maximum Gasteiger partial charge on any atom is 0.269 e. The summed E-state index contributed by atoms with van der Waals surface area (Å²) >= 11 is 8.65. The molecule has 0 bridgehead atoms. The van der Waals surface area contributed by atoms with Gasteiger partial charge in [0.05, 0.1) is 19.9 Å². The molecule has 0 aromatic heterocycles. The molecule has 0 radical (unpaired) electrons. The maximum atomic E-state index is 12.5. The Hall–Kier alpha value is -3.30. The SMILES string of the molecule is COc1ccc(NC(=S)NNC(=O)c2cccc(COc3ccc(Br)cc3)c2)c(OC)c1. The van der Waals surface area contributed by atoms with Gasteiger partial charge in [0, 0.05) is 16.1 Å². The monoisotopic (exact) mass is 515 g/mol. The molecular formula is C23H22BrN3O4S. The first kappa shape index (κ1) is 23.4. The minimum atomic E-state index is -0.332. The molecule has 0 fully saturated rings. The van der Waals surface area contributed by atoms with E-state index in [0.29, 0.717) is 29.4 Å². The van der Waals surface area contributed by atoms with Crippen molar-refractivity contribution in [2.75, 3.05) is 19.5 Å². The van der Waals surface area contributed by atoms with Gasteiger partial charge in [-0.25, -0.2) is 0 Å². The number of ether oxygens (including phenoxy) is 3. The number of hydrogen-bond donors (Lipinski definition) is 3. The number of rotatable bonds is 7. The molecule has 0 atom stereocenters. The van der Waals surface area contributed by atoms with Crippen molar-refractivity contribution in [2.45, 2.75) is 6.61 Å². The van der Waals surface area contributed by atoms with Crippen LogP contribution in [-0.2, 0) is 6.61 Å². The number of hydrazine groups is 1. The second-order valence-electron chi connectivity index (χ2n) is 6.54. The standard InChI is InChI=1S/C23H22BrN3O4S/c1-29-19-10-11-20(21(13-19)30-2)25-23(32)27-26-22(28)16-5-3-4-15(12-16)14-31-18-8-6-17(24)7-9-18/h3-13H,14H2,1-2H3,(H,26,28)(H2,25,27,32). The molecule has 0 saturated heterocycles. The topological polar surface area (TPSA) is 80.9 Å². The molecule has 32 heavy (non-hydrogen) atoms. The first-order chi connectivity index (χ1) is 15.5. The molecule has 9 heteroatoms. The molecule has 0 heterocycles. The first-order valence-electron chi connectivity index (χ1n) is 9.55. The molecule has 0 aliphatic rings. The number of hydrogen-bond acceptors (Lipinski definition) is 5. The van der Waals surface area contributed by atoms with Crippen molar-refractivity contribution in [2.24, 2.45) is 0 Å². The lowest BCUT2D eigenvalue weighted by atomic mass is 10.1. The average Bonchev–Trinajstić information content (AvgIpc) is 2.82. The average molecular weight is 516 g/mol. The highest BCUT2D eigenvalue weighted by Gasteiger charge is 2.10. The normalized spacial score (nSPS) is 10.1. The van der Waals surface area contributed by atoms with Crippen LogP contribution in [0.4, 0.5) is 5.69 Å². The van der Waals surface area contributed by atoms with Crippen molar-refractivity contribution >= 4 is 44.9 Å². The van der Waals surface area contributed by atoms with Crippen LogP contribution in [0.1, 0.15) is 15.9 Å². The number of carbonyl (C=O) groups is 1. The van der Waals surface area contributed by atoms with E-state index in [2.05, 4.69) is 32.1 Å². The van der Waals surface area contributed by atoms with E-state index in [-0.39, 0.29) is 11.0 Å². The van der Waals surface area contributed by atoms with Crippen LogP contribution in [0, 0.1) is 0 Å². The van der Waals surface area contributed by atoms with E-state index in [0.717, 1.165) is 15.8 Å². The van der Waals surface area contributed by atoms with Gasteiger partial charge in [-0.1, -0.05) is 28.1 Å². The third-order valence-electron chi connectivity index (χ3n) is 4.35. The highest BCUT2D eigenvalue weighted by Crippen LogP contribution is 2.28. The van der Waals surface area contributed by atoms with Gasteiger partial charge < -0.3 is 19.5 Å². The molecule has 0 spiro atoms. The van der Waals surface area contributed by atoms with E-state index in [1.165, 1.54) is 0 Å². The first-order valence-corrected chi connectivity index (χ1v) is 10.8. The fraction of sp³-hybridized carbons (Fsp3) is 0.130. The summed E-state index contributed by atoms with van der Waals surface area (Å²) in [5.74, 6) is 1.62. The summed E-state index contributed by atoms with van der Waals surface area (Å²) in [6.07, 6.45) is 0. The van der Waals surface area contributed by atoms with Gasteiger partial charge in [0.15, 0.2) is 5.11 Å². The summed E-state index contributed by atoms with van der Waals surface area (Å²) in [6.45, 7) is 0.341. The van der Waals surface area contributed by atoms with Gasteiger partial charge in [-0.15, -0.1) is 0 Å². The number of methoxy groups -OCH3 is 2. The van der Waals surface area contributed by atoms with Crippen molar-refractivity contribution in [3.8, 4) is 17.2 Å². The van der Waals surface area contributed by atoms with Crippen molar-refractivity contribution in [3.63, 3.8) is 0 Å². The molecular weight excluding hydrogens is 494 g/mol. The van der Waals surface area contributed by atoms with E-state index in [1.54, 1.807) is 50.6 Å². The molecule has 0 saturated carbocycles. The number of carbonyl (C=O) groups excluding carboxylic acids is 1. The van der Waals surface area contributed by atoms with Gasteiger partial charge in [0.25, 0.3) is 5.91 Å². The van der Waals surface area contributed by atoms with Crippen molar-refractivity contribution in [1.82, 2.24) is 10.9 Å². The summed E-state index contributed by atoms with van der Waals surface area (Å²) in [7, 11) is 3.12. The predicted octanol–water partition coefficient (Wildman–Crippen LogP) is 4.68. The van der Waals surface area contributed by atoms with Crippen molar-refractivity contribution in [3.05, 3.63) is 82.3 Å². The number of nitrogens with one attached hydrogen (secondary N) is 3. The maximum absolute atomic E-state index is 12.5. The van der Waals surface area contributed by atoms with Crippen LogP contribution < -0.4 is 30.4 Å². The fourth-order valence-electron chi connectivity index (χ4n) is 2.74. The van der Waals surface area contributed by atoms with Gasteiger partial charge in [0.1, 0.15) is 23.9 Å². The summed E-state index contributed by atoms with van der Waals surface area (Å²) in [6, 6.07) is 20.0. The van der Waals surface area contributed by atoms with Crippen molar-refractivity contribution < 1.29 is 19.0 Å². The highest BCUT2D eigenvalue weighted by molar-refractivity contribution is 9.10. The zero-order chi connectivity index (χ0) is 22.9. The molecule has 3 aromatic carbocycles. The minimum Gasteiger partial charge on any atom is -0.497 e. The Morgan fingerprint density at radius 2 is 1.69 bits per heavy atom. The number of thiocarbonyl (C=S) groups is 1. The Kier molecular flexibility index (Phi) is 8.29. The smallest absolute Gasteiger partial charge is 0.269 e. The summed E-state index contributed by atoms with van der Waals surface area (Å²) in [4.78, 5) is 12.5. The molecule has 3 aromatic rings. The summed E-state index contributed by atoms with van der Waals surface area (Å²) < 4.78 is 17.2. The third-order valence-corrected chi connectivity index (χ3v) is 5.09. The molecule has 0 aliphatic heterocycles. The lowest BCUT2D eigenvalue weighted by Gasteiger charge is -2.15. The Morgan fingerprint density at radius 1 is 0.938 bits per heavy atom. The number of halogens is 1. The van der Waals surface area contributed by atoms with Crippen LogP contribution in [0.15, 0.2) is 71.2 Å². The molecule has 7 nitrogen and oxygen atoms in total. The number of amides is 1. The molecule has 166 valence electrons. The molecule has 3 rings (SSSR count). The van der Waals surface area contributed by atoms with Crippen LogP contribution in [0.2, 0.25) is 0 Å². The van der Waals surface area contributed by atoms with Crippen LogP contribution in [-0.4, -0.2) is 25.2 Å². The van der Waals surface area contributed by atoms with E-state index < -0.39 is 0 Å². The van der Waals surface area contributed by atoms with Crippen LogP contribution in [0.25, 0.3) is 0 Å². The molecule has 0 aliphatic carbocycles. The summed E-state index contributed by atoms with van der Waals surface area (Å²) in [5.41, 5.74) is 7.24. The van der Waals surface area contributed by atoms with Crippen molar-refractivity contribution in [1.29, 1.82) is 0 Å². The largest absolute Gasteiger partial charge is 0.497 e. The third kappa shape index (κ3) is 6.60. The molecule has 3 N–H and O–H groups in total. The number of benzene rings is 3. The minimum absolute atomic E-state index is 0.205.